The van der Waals surface area contributed by atoms with E-state index in [1.807, 2.05) is 6.92 Å². The van der Waals surface area contributed by atoms with Crippen LogP contribution in [0.1, 0.15) is 47.0 Å². The first-order chi connectivity index (χ1) is 10.1. The van der Waals surface area contributed by atoms with Crippen molar-refractivity contribution < 1.29 is 4.74 Å². The number of piperidine rings is 1. The highest BCUT2D eigenvalue weighted by Crippen LogP contribution is 2.26. The summed E-state index contributed by atoms with van der Waals surface area (Å²) in [5.74, 6) is 2.00. The molecule has 118 valence electrons. The molecule has 1 aliphatic heterocycles. The van der Waals surface area contributed by atoms with Crippen LogP contribution in [0, 0.1) is 5.92 Å². The maximum Gasteiger partial charge on any atom is 0.323 e. The summed E-state index contributed by atoms with van der Waals surface area (Å²) in [6, 6.07) is 0.864. The molecular formula is C15H27N5O. The fourth-order valence-corrected chi connectivity index (χ4v) is 2.55. The van der Waals surface area contributed by atoms with Crippen molar-refractivity contribution in [3.05, 3.63) is 0 Å². The monoisotopic (exact) mass is 293 g/mol. The van der Waals surface area contributed by atoms with Gasteiger partial charge in [-0.2, -0.15) is 15.0 Å². The predicted molar refractivity (Wildman–Crippen MR) is 85.0 cm³/mol. The highest BCUT2D eigenvalue weighted by atomic mass is 16.5. The molecule has 1 fully saturated rings. The molecule has 0 bridgehead atoms. The van der Waals surface area contributed by atoms with Gasteiger partial charge in [0.15, 0.2) is 0 Å². The van der Waals surface area contributed by atoms with Gasteiger partial charge < -0.3 is 15.0 Å². The van der Waals surface area contributed by atoms with Gasteiger partial charge in [-0.25, -0.2) is 0 Å². The van der Waals surface area contributed by atoms with Gasteiger partial charge in [0, 0.05) is 19.1 Å². The molecule has 2 unspecified atom stereocenters. The molecule has 6 nitrogen and oxygen atoms in total. The zero-order valence-electron chi connectivity index (χ0n) is 13.6. The van der Waals surface area contributed by atoms with Crippen LogP contribution in [-0.4, -0.2) is 40.7 Å². The van der Waals surface area contributed by atoms with E-state index < -0.39 is 0 Å². The zero-order chi connectivity index (χ0) is 15.2. The lowest BCUT2D eigenvalue weighted by atomic mass is 9.95. The van der Waals surface area contributed by atoms with Gasteiger partial charge in [0.1, 0.15) is 0 Å². The van der Waals surface area contributed by atoms with E-state index in [9.17, 15) is 0 Å². The molecule has 2 heterocycles. The molecule has 21 heavy (non-hydrogen) atoms. The summed E-state index contributed by atoms with van der Waals surface area (Å²) in [7, 11) is 0. The summed E-state index contributed by atoms with van der Waals surface area (Å²) in [4.78, 5) is 15.6. The highest BCUT2D eigenvalue weighted by Gasteiger charge is 2.26. The van der Waals surface area contributed by atoms with Crippen molar-refractivity contribution in [3.8, 4) is 6.01 Å². The van der Waals surface area contributed by atoms with Crippen molar-refractivity contribution in [3.63, 3.8) is 0 Å². The maximum absolute atomic E-state index is 5.49. The van der Waals surface area contributed by atoms with Crippen LogP contribution in [0.15, 0.2) is 0 Å². The van der Waals surface area contributed by atoms with Gasteiger partial charge in [-0.15, -0.1) is 0 Å². The fraction of sp³-hybridized carbons (Fsp3) is 0.800. The summed E-state index contributed by atoms with van der Waals surface area (Å²) in [6.07, 6.45) is 3.47. The molecule has 0 aromatic carbocycles. The third kappa shape index (κ3) is 4.19. The Morgan fingerprint density at radius 3 is 2.71 bits per heavy atom. The van der Waals surface area contributed by atoms with E-state index in [1.165, 1.54) is 12.8 Å². The van der Waals surface area contributed by atoms with Gasteiger partial charge in [-0.3, -0.25) is 0 Å². The molecule has 0 amide bonds. The standard InChI is InChI=1S/C15H27N5O/c1-5-9-16-13-17-14(19-15(18-13)21-6-2)20-10-11(3)7-8-12(20)4/h11-12H,5-10H2,1-4H3,(H,16,17,18,19). The van der Waals surface area contributed by atoms with E-state index in [0.29, 0.717) is 30.5 Å². The molecule has 2 atom stereocenters. The molecule has 0 saturated carbocycles. The van der Waals surface area contributed by atoms with E-state index in [-0.39, 0.29) is 0 Å². The normalized spacial score (nSPS) is 22.2. The van der Waals surface area contributed by atoms with Crippen LogP contribution >= 0.6 is 0 Å². The predicted octanol–water partition coefficient (Wildman–Crippen LogP) is 2.72. The molecule has 0 radical (unpaired) electrons. The topological polar surface area (TPSA) is 63.2 Å². The number of ether oxygens (including phenoxy) is 1. The van der Waals surface area contributed by atoms with E-state index in [2.05, 4.69) is 45.9 Å². The Labute approximate surface area is 127 Å². The number of hydrogen-bond acceptors (Lipinski definition) is 6. The first kappa shape index (κ1) is 15.8. The van der Waals surface area contributed by atoms with E-state index in [1.54, 1.807) is 0 Å². The third-order valence-electron chi connectivity index (χ3n) is 3.78. The lowest BCUT2D eigenvalue weighted by Gasteiger charge is -2.36. The lowest BCUT2D eigenvalue weighted by molar-refractivity contribution is 0.310. The van der Waals surface area contributed by atoms with Crippen LogP contribution in [0.2, 0.25) is 0 Å². The minimum absolute atomic E-state index is 0.409. The van der Waals surface area contributed by atoms with Crippen LogP contribution in [0.25, 0.3) is 0 Å². The lowest BCUT2D eigenvalue weighted by Crippen LogP contribution is -2.42. The Balaban J connectivity index is 2.25. The Bertz CT molecular complexity index is 454. The number of nitrogens with one attached hydrogen (secondary N) is 1. The molecule has 0 aliphatic carbocycles. The molecule has 1 aliphatic rings. The maximum atomic E-state index is 5.49. The first-order valence-electron chi connectivity index (χ1n) is 8.03. The van der Waals surface area contributed by atoms with Gasteiger partial charge in [0.2, 0.25) is 11.9 Å². The second-order valence-corrected chi connectivity index (χ2v) is 5.79. The quantitative estimate of drug-likeness (QED) is 0.870. The largest absolute Gasteiger partial charge is 0.464 e. The van der Waals surface area contributed by atoms with Crippen LogP contribution in [0.3, 0.4) is 0 Å². The highest BCUT2D eigenvalue weighted by molar-refractivity contribution is 5.39. The van der Waals surface area contributed by atoms with Gasteiger partial charge >= 0.3 is 6.01 Å². The molecule has 2 rings (SSSR count). The van der Waals surface area contributed by atoms with Crippen molar-refractivity contribution in [2.24, 2.45) is 5.92 Å². The Morgan fingerprint density at radius 2 is 2.00 bits per heavy atom. The summed E-state index contributed by atoms with van der Waals surface area (Å²) in [5, 5.41) is 3.23. The summed E-state index contributed by atoms with van der Waals surface area (Å²) >= 11 is 0. The Hall–Kier alpha value is -1.59. The number of anilines is 2. The molecule has 1 aromatic rings. The molecule has 1 saturated heterocycles. The average molecular weight is 293 g/mol. The van der Waals surface area contributed by atoms with Crippen molar-refractivity contribution in [2.45, 2.75) is 53.0 Å². The van der Waals surface area contributed by atoms with Crippen LogP contribution in [-0.2, 0) is 0 Å². The average Bonchev–Trinajstić information content (AvgIpc) is 2.48. The van der Waals surface area contributed by atoms with E-state index in [4.69, 9.17) is 4.74 Å². The van der Waals surface area contributed by atoms with Gasteiger partial charge in [0.25, 0.3) is 0 Å². The molecule has 0 spiro atoms. The van der Waals surface area contributed by atoms with Gasteiger partial charge in [-0.1, -0.05) is 13.8 Å². The van der Waals surface area contributed by atoms with E-state index in [0.717, 1.165) is 25.5 Å². The van der Waals surface area contributed by atoms with Gasteiger partial charge in [0.05, 0.1) is 6.61 Å². The molecule has 6 heteroatoms. The smallest absolute Gasteiger partial charge is 0.323 e. The summed E-state index contributed by atoms with van der Waals surface area (Å²) < 4.78 is 5.49. The van der Waals surface area contributed by atoms with Crippen LogP contribution in [0.4, 0.5) is 11.9 Å². The summed E-state index contributed by atoms with van der Waals surface area (Å²) in [6.45, 7) is 11.0. The SMILES string of the molecule is CCCNc1nc(OCC)nc(N2CC(C)CCC2C)n1. The van der Waals surface area contributed by atoms with E-state index >= 15 is 0 Å². The number of aromatic nitrogens is 3. The van der Waals surface area contributed by atoms with Crippen LogP contribution in [0.5, 0.6) is 6.01 Å². The molecule has 1 N–H and O–H groups in total. The molecular weight excluding hydrogens is 266 g/mol. The number of rotatable bonds is 6. The van der Waals surface area contributed by atoms with Crippen molar-refractivity contribution >= 4 is 11.9 Å². The number of nitrogens with zero attached hydrogens (tertiary/aromatic N) is 4. The van der Waals surface area contributed by atoms with Gasteiger partial charge in [-0.05, 0) is 39.0 Å². The Morgan fingerprint density at radius 1 is 1.19 bits per heavy atom. The number of hydrogen-bond donors (Lipinski definition) is 1. The second kappa shape index (κ2) is 7.43. The third-order valence-corrected chi connectivity index (χ3v) is 3.78. The van der Waals surface area contributed by atoms with Crippen molar-refractivity contribution in [2.75, 3.05) is 29.9 Å². The minimum atomic E-state index is 0.409. The first-order valence-corrected chi connectivity index (χ1v) is 8.03. The fourth-order valence-electron chi connectivity index (χ4n) is 2.55. The minimum Gasteiger partial charge on any atom is -0.464 e. The Kier molecular flexibility index (Phi) is 5.59. The molecule has 1 aromatic heterocycles. The van der Waals surface area contributed by atoms with Crippen molar-refractivity contribution in [1.29, 1.82) is 0 Å². The van der Waals surface area contributed by atoms with Crippen molar-refractivity contribution in [1.82, 2.24) is 15.0 Å². The second-order valence-electron chi connectivity index (χ2n) is 5.79. The van der Waals surface area contributed by atoms with Crippen LogP contribution < -0.4 is 15.0 Å². The zero-order valence-corrected chi connectivity index (χ0v) is 13.6. The summed E-state index contributed by atoms with van der Waals surface area (Å²) in [5.41, 5.74) is 0.